The smallest absolute Gasteiger partial charge is 0.268 e. The molecule has 4 nitrogen and oxygen atoms in total. The second kappa shape index (κ2) is 7.64. The molecule has 0 atom stereocenters. The van der Waals surface area contributed by atoms with E-state index in [0.29, 0.717) is 10.6 Å². The number of carbonyl (C=O) groups excluding carboxylic acids is 2. The number of halogens is 1. The summed E-state index contributed by atoms with van der Waals surface area (Å²) in [5.41, 5.74) is 5.99. The highest BCUT2D eigenvalue weighted by Gasteiger charge is 2.06. The van der Waals surface area contributed by atoms with E-state index in [0.717, 1.165) is 16.3 Å². The Balaban J connectivity index is 1.64. The maximum absolute atomic E-state index is 11.9. The summed E-state index contributed by atoms with van der Waals surface area (Å²) in [5, 5.41) is 2.60. The molecular formula is C20H15ClN2O2. The van der Waals surface area contributed by atoms with Gasteiger partial charge in [-0.25, -0.2) is 0 Å². The lowest BCUT2D eigenvalue weighted by molar-refractivity contribution is -0.117. The predicted molar refractivity (Wildman–Crippen MR) is 100 cm³/mol. The summed E-state index contributed by atoms with van der Waals surface area (Å²) in [5.74, 6) is -0.863. The quantitative estimate of drug-likeness (QED) is 0.554. The number of carbonyl (C=O) groups is 2. The molecule has 3 rings (SSSR count). The van der Waals surface area contributed by atoms with Crippen molar-refractivity contribution in [2.24, 2.45) is 0 Å². The number of fused-ring (bicyclic) bond motifs is 1. The van der Waals surface area contributed by atoms with Gasteiger partial charge in [0.05, 0.1) is 0 Å². The molecule has 0 aliphatic carbocycles. The van der Waals surface area contributed by atoms with Crippen molar-refractivity contribution in [3.8, 4) is 0 Å². The number of amides is 2. The summed E-state index contributed by atoms with van der Waals surface area (Å²) in [6.07, 6.45) is 3.09. The van der Waals surface area contributed by atoms with Crippen LogP contribution in [0.25, 0.3) is 16.8 Å². The maximum atomic E-state index is 11.9. The highest BCUT2D eigenvalue weighted by atomic mass is 35.5. The van der Waals surface area contributed by atoms with E-state index in [4.69, 9.17) is 11.6 Å². The fourth-order valence-electron chi connectivity index (χ4n) is 2.42. The fourth-order valence-corrected chi connectivity index (χ4v) is 2.61. The van der Waals surface area contributed by atoms with E-state index in [2.05, 4.69) is 10.9 Å². The largest absolute Gasteiger partial charge is 0.269 e. The Morgan fingerprint density at radius 1 is 0.880 bits per heavy atom. The molecule has 3 aromatic rings. The van der Waals surface area contributed by atoms with Crippen LogP contribution >= 0.6 is 11.6 Å². The van der Waals surface area contributed by atoms with Crippen LogP contribution in [0.1, 0.15) is 15.9 Å². The lowest BCUT2D eigenvalue weighted by Crippen LogP contribution is -2.40. The molecule has 5 heteroatoms. The van der Waals surface area contributed by atoms with E-state index >= 15 is 0 Å². The summed E-state index contributed by atoms with van der Waals surface area (Å²) in [7, 11) is 0. The van der Waals surface area contributed by atoms with E-state index in [1.165, 1.54) is 12.1 Å². The van der Waals surface area contributed by atoms with Gasteiger partial charge in [0.1, 0.15) is 0 Å². The van der Waals surface area contributed by atoms with Gasteiger partial charge in [0, 0.05) is 16.7 Å². The molecule has 0 saturated carbocycles. The number of hydrazine groups is 1. The first kappa shape index (κ1) is 16.7. The van der Waals surface area contributed by atoms with Crippen molar-refractivity contribution >= 4 is 40.3 Å². The van der Waals surface area contributed by atoms with E-state index in [9.17, 15) is 9.59 Å². The highest BCUT2D eigenvalue weighted by Crippen LogP contribution is 2.19. The van der Waals surface area contributed by atoms with Crippen molar-refractivity contribution in [3.05, 3.63) is 89.0 Å². The van der Waals surface area contributed by atoms with Crippen molar-refractivity contribution in [2.75, 3.05) is 0 Å². The molecule has 0 saturated heterocycles. The van der Waals surface area contributed by atoms with Gasteiger partial charge in [-0.1, -0.05) is 60.1 Å². The third-order valence-electron chi connectivity index (χ3n) is 3.62. The number of nitrogens with one attached hydrogen (secondary N) is 2. The Bertz CT molecular complexity index is 961. The summed E-state index contributed by atoms with van der Waals surface area (Å²) in [6, 6.07) is 20.3. The van der Waals surface area contributed by atoms with Crippen molar-refractivity contribution < 1.29 is 9.59 Å². The molecule has 0 aromatic heterocycles. The Hall–Kier alpha value is -3.11. The second-order valence-corrected chi connectivity index (χ2v) is 5.79. The van der Waals surface area contributed by atoms with Gasteiger partial charge in [-0.05, 0) is 40.6 Å². The van der Waals surface area contributed by atoms with Gasteiger partial charge in [0.2, 0.25) is 0 Å². The average molecular weight is 351 g/mol. The number of hydrogen-bond acceptors (Lipinski definition) is 2. The van der Waals surface area contributed by atoms with Crippen LogP contribution in [0.15, 0.2) is 72.8 Å². The summed E-state index contributed by atoms with van der Waals surface area (Å²) >= 11 is 5.84. The zero-order chi connectivity index (χ0) is 17.6. The summed E-state index contributed by atoms with van der Waals surface area (Å²) in [4.78, 5) is 23.9. The van der Waals surface area contributed by atoms with Crippen LogP contribution in [0.2, 0.25) is 5.02 Å². The number of benzene rings is 3. The summed E-state index contributed by atoms with van der Waals surface area (Å²) in [6.45, 7) is 0. The van der Waals surface area contributed by atoms with E-state index in [1.54, 1.807) is 24.3 Å². The molecule has 0 radical (unpaired) electrons. The molecule has 2 amide bonds. The lowest BCUT2D eigenvalue weighted by atomic mass is 10.0. The SMILES string of the molecule is O=C(/C=C/c1cccc2ccccc12)NNC(=O)c1cccc(Cl)c1. The zero-order valence-electron chi connectivity index (χ0n) is 13.2. The fraction of sp³-hybridized carbons (Fsp3) is 0. The second-order valence-electron chi connectivity index (χ2n) is 5.36. The van der Waals surface area contributed by atoms with Crippen molar-refractivity contribution in [1.29, 1.82) is 0 Å². The Morgan fingerprint density at radius 3 is 2.48 bits per heavy atom. The third-order valence-corrected chi connectivity index (χ3v) is 3.86. The molecule has 0 bridgehead atoms. The number of rotatable bonds is 3. The van der Waals surface area contributed by atoms with E-state index < -0.39 is 11.8 Å². The van der Waals surface area contributed by atoms with Crippen LogP contribution in [0.4, 0.5) is 0 Å². The van der Waals surface area contributed by atoms with Gasteiger partial charge < -0.3 is 0 Å². The van der Waals surface area contributed by atoms with Crippen molar-refractivity contribution in [3.63, 3.8) is 0 Å². The van der Waals surface area contributed by atoms with Crippen LogP contribution in [-0.4, -0.2) is 11.8 Å². The van der Waals surface area contributed by atoms with Crippen molar-refractivity contribution in [2.45, 2.75) is 0 Å². The Kier molecular flexibility index (Phi) is 5.11. The maximum Gasteiger partial charge on any atom is 0.269 e. The van der Waals surface area contributed by atoms with Crippen LogP contribution in [0.3, 0.4) is 0 Å². The number of hydrogen-bond donors (Lipinski definition) is 2. The molecule has 0 spiro atoms. The van der Waals surface area contributed by atoms with Crippen LogP contribution in [0, 0.1) is 0 Å². The first-order valence-electron chi connectivity index (χ1n) is 7.65. The molecule has 0 heterocycles. The van der Waals surface area contributed by atoms with Gasteiger partial charge in [0.15, 0.2) is 0 Å². The third kappa shape index (κ3) is 4.25. The summed E-state index contributed by atoms with van der Waals surface area (Å²) < 4.78 is 0. The van der Waals surface area contributed by atoms with E-state index in [1.807, 2.05) is 42.5 Å². The molecule has 0 unspecified atom stereocenters. The highest BCUT2D eigenvalue weighted by molar-refractivity contribution is 6.31. The molecule has 0 aliphatic rings. The molecule has 3 aromatic carbocycles. The molecule has 2 N–H and O–H groups in total. The standard InChI is InChI=1S/C20H15ClN2O2/c21-17-9-4-8-16(13-17)20(25)23-22-19(24)12-11-15-7-3-6-14-5-1-2-10-18(14)15/h1-13H,(H,22,24)(H,23,25)/b12-11+. The molecule has 25 heavy (non-hydrogen) atoms. The van der Waals surface area contributed by atoms with Gasteiger partial charge in [-0.2, -0.15) is 0 Å². The Morgan fingerprint density at radius 2 is 1.64 bits per heavy atom. The van der Waals surface area contributed by atoms with Gasteiger partial charge in [-0.3, -0.25) is 20.4 Å². The first-order chi connectivity index (χ1) is 12.1. The van der Waals surface area contributed by atoms with Gasteiger partial charge in [-0.15, -0.1) is 0 Å². The minimum atomic E-state index is -0.436. The predicted octanol–water partition coefficient (Wildman–Crippen LogP) is 3.97. The average Bonchev–Trinajstić information content (AvgIpc) is 2.64. The van der Waals surface area contributed by atoms with E-state index in [-0.39, 0.29) is 0 Å². The topological polar surface area (TPSA) is 58.2 Å². The normalized spacial score (nSPS) is 10.8. The van der Waals surface area contributed by atoms with Gasteiger partial charge >= 0.3 is 0 Å². The molecule has 0 fully saturated rings. The Labute approximate surface area is 150 Å². The minimum absolute atomic E-state index is 0.367. The zero-order valence-corrected chi connectivity index (χ0v) is 14.0. The molecule has 124 valence electrons. The minimum Gasteiger partial charge on any atom is -0.268 e. The van der Waals surface area contributed by atoms with Gasteiger partial charge in [0.25, 0.3) is 11.8 Å². The van der Waals surface area contributed by atoms with Crippen LogP contribution in [-0.2, 0) is 4.79 Å². The van der Waals surface area contributed by atoms with Crippen LogP contribution < -0.4 is 10.9 Å². The monoisotopic (exact) mass is 350 g/mol. The lowest BCUT2D eigenvalue weighted by Gasteiger charge is -2.06. The first-order valence-corrected chi connectivity index (χ1v) is 8.03. The molecular weight excluding hydrogens is 336 g/mol. The van der Waals surface area contributed by atoms with Crippen molar-refractivity contribution in [1.82, 2.24) is 10.9 Å². The molecule has 0 aliphatic heterocycles. The van der Waals surface area contributed by atoms with Crippen LogP contribution in [0.5, 0.6) is 0 Å².